The molecule has 0 N–H and O–H groups in total. The maximum atomic E-state index is 9.85. The van der Waals surface area contributed by atoms with E-state index >= 15 is 0 Å². The molecule has 0 aliphatic heterocycles. The molecular weight excluding hydrogens is 679 g/mol. The first-order chi connectivity index (χ1) is 27.7. The van der Waals surface area contributed by atoms with E-state index in [9.17, 15) is 5.26 Å². The highest BCUT2D eigenvalue weighted by Gasteiger charge is 2.44. The fraction of sp³-hybridized carbons (Fsp3) is 0.113. The van der Waals surface area contributed by atoms with E-state index in [-0.39, 0.29) is 5.41 Å². The van der Waals surface area contributed by atoms with E-state index in [0.717, 1.165) is 57.6 Å². The van der Waals surface area contributed by atoms with Crippen molar-refractivity contribution in [2.24, 2.45) is 0 Å². The smallest absolute Gasteiger partial charge is 0.160 e. The van der Waals surface area contributed by atoms with Crippen molar-refractivity contribution in [1.29, 1.82) is 5.26 Å². The number of hydrogen-bond acceptors (Lipinski definition) is 3. The molecule has 1 fully saturated rings. The highest BCUT2D eigenvalue weighted by atomic mass is 14.9. The lowest BCUT2D eigenvalue weighted by molar-refractivity contribution is 0.353. The van der Waals surface area contributed by atoms with Gasteiger partial charge in [-0.3, -0.25) is 0 Å². The van der Waals surface area contributed by atoms with Gasteiger partial charge in [-0.1, -0.05) is 159 Å². The van der Waals surface area contributed by atoms with Crippen molar-refractivity contribution in [3.63, 3.8) is 0 Å². The number of nitrogens with zero attached hydrogens (tertiary/aromatic N) is 3. The molecule has 0 radical (unpaired) electrons. The zero-order valence-electron chi connectivity index (χ0n) is 31.1. The lowest BCUT2D eigenvalue weighted by atomic mass is 9.67. The summed E-state index contributed by atoms with van der Waals surface area (Å²) in [6, 6.07) is 64.8. The average molecular weight is 718 g/mol. The summed E-state index contributed by atoms with van der Waals surface area (Å²) in [4.78, 5) is 10.1. The third-order valence-corrected chi connectivity index (χ3v) is 11.9. The molecule has 3 nitrogen and oxygen atoms in total. The number of fused-ring (bicyclic) bond motifs is 5. The van der Waals surface area contributed by atoms with Gasteiger partial charge in [0.1, 0.15) is 0 Å². The van der Waals surface area contributed by atoms with Gasteiger partial charge in [-0.2, -0.15) is 5.26 Å². The summed E-state index contributed by atoms with van der Waals surface area (Å²) < 4.78 is 0. The van der Waals surface area contributed by atoms with Crippen LogP contribution in [0, 0.1) is 11.3 Å². The molecule has 1 spiro atoms. The normalized spacial score (nSPS) is 13.8. The van der Waals surface area contributed by atoms with Crippen LogP contribution in [-0.2, 0) is 5.41 Å². The van der Waals surface area contributed by atoms with Crippen LogP contribution in [0.5, 0.6) is 0 Å². The molecule has 1 aromatic heterocycles. The van der Waals surface area contributed by atoms with E-state index in [1.807, 2.05) is 42.5 Å². The maximum absolute atomic E-state index is 9.85. The SMILES string of the molecule is N#Cc1ccc2c(c1)C1(CCCCC1)c1cccc(-c3cccc(-c4cccc(-c5cccc(-c6cc(-c7ccccc7)nc(-c7ccccc7)n6)c5)c4)c3)c1-2. The van der Waals surface area contributed by atoms with Crippen LogP contribution < -0.4 is 0 Å². The van der Waals surface area contributed by atoms with Gasteiger partial charge in [-0.05, 0) is 105 Å². The van der Waals surface area contributed by atoms with Gasteiger partial charge in [0.25, 0.3) is 0 Å². The molecule has 0 saturated heterocycles. The second-order valence-electron chi connectivity index (χ2n) is 15.2. The van der Waals surface area contributed by atoms with Crippen molar-refractivity contribution in [2.45, 2.75) is 37.5 Å². The van der Waals surface area contributed by atoms with Crippen molar-refractivity contribution < 1.29 is 0 Å². The minimum absolute atomic E-state index is 0.00965. The van der Waals surface area contributed by atoms with Gasteiger partial charge in [0, 0.05) is 22.1 Å². The Balaban J connectivity index is 1.02. The zero-order valence-corrected chi connectivity index (χ0v) is 31.1. The van der Waals surface area contributed by atoms with Crippen LogP contribution in [0.15, 0.2) is 176 Å². The number of nitriles is 1. The van der Waals surface area contributed by atoms with Gasteiger partial charge in [0.2, 0.25) is 0 Å². The molecule has 0 unspecified atom stereocenters. The van der Waals surface area contributed by atoms with Gasteiger partial charge >= 0.3 is 0 Å². The molecule has 0 amide bonds. The Morgan fingerprint density at radius 3 is 1.61 bits per heavy atom. The van der Waals surface area contributed by atoms with Crippen LogP contribution in [0.25, 0.3) is 78.4 Å². The predicted molar refractivity (Wildman–Crippen MR) is 229 cm³/mol. The van der Waals surface area contributed by atoms with Crippen LogP contribution >= 0.6 is 0 Å². The number of benzene rings is 7. The van der Waals surface area contributed by atoms with Crippen LogP contribution in [0.3, 0.4) is 0 Å². The van der Waals surface area contributed by atoms with Gasteiger partial charge < -0.3 is 0 Å². The highest BCUT2D eigenvalue weighted by molar-refractivity contribution is 5.94. The van der Waals surface area contributed by atoms with E-state index in [2.05, 4.69) is 140 Å². The fourth-order valence-electron chi connectivity index (χ4n) is 9.22. The molecule has 266 valence electrons. The van der Waals surface area contributed by atoms with Crippen LogP contribution in [0.2, 0.25) is 0 Å². The van der Waals surface area contributed by atoms with Crippen LogP contribution in [-0.4, -0.2) is 9.97 Å². The Bertz CT molecular complexity index is 2730. The Labute approximate surface area is 328 Å². The third kappa shape index (κ3) is 5.92. The average Bonchev–Trinajstić information content (AvgIpc) is 3.54. The van der Waals surface area contributed by atoms with Crippen LogP contribution in [0.4, 0.5) is 0 Å². The first kappa shape index (κ1) is 33.7. The Kier molecular flexibility index (Phi) is 8.46. The molecule has 10 rings (SSSR count). The van der Waals surface area contributed by atoms with E-state index in [1.165, 1.54) is 63.8 Å². The number of rotatable bonds is 6. The van der Waals surface area contributed by atoms with Crippen molar-refractivity contribution in [3.05, 3.63) is 193 Å². The first-order valence-electron chi connectivity index (χ1n) is 19.7. The Morgan fingerprint density at radius 1 is 0.411 bits per heavy atom. The number of aromatic nitrogens is 2. The summed E-state index contributed by atoms with van der Waals surface area (Å²) >= 11 is 0. The van der Waals surface area contributed by atoms with Gasteiger partial charge in [0.15, 0.2) is 5.82 Å². The standard InChI is InChI=1S/C53H39N3/c54-35-36-26-27-46-48(30-36)53(28-8-3-9-29-53)47-25-13-24-45(51(46)47)43-22-11-20-41(32-43)39-18-10-19-40(31-39)42-21-12-23-44(33-42)50-34-49(37-14-4-1-5-15-37)55-52(56-50)38-16-6-2-7-17-38/h1-2,4-7,10-27,30-34H,3,8-9,28-29H2. The van der Waals surface area contributed by atoms with Gasteiger partial charge in [0.05, 0.1) is 23.0 Å². The van der Waals surface area contributed by atoms with E-state index in [1.54, 1.807) is 0 Å². The van der Waals surface area contributed by atoms with Crippen molar-refractivity contribution in [3.8, 4) is 84.5 Å². The minimum atomic E-state index is -0.00965. The second kappa shape index (κ2) is 14.1. The minimum Gasteiger partial charge on any atom is -0.228 e. The molecule has 8 aromatic rings. The molecule has 3 heteroatoms. The largest absolute Gasteiger partial charge is 0.228 e. The Hall–Kier alpha value is -6.89. The molecular formula is C53H39N3. The van der Waals surface area contributed by atoms with E-state index < -0.39 is 0 Å². The summed E-state index contributed by atoms with van der Waals surface area (Å²) in [5.41, 5.74) is 18.1. The zero-order chi connectivity index (χ0) is 37.5. The summed E-state index contributed by atoms with van der Waals surface area (Å²) in [5, 5.41) is 9.85. The first-order valence-corrected chi connectivity index (χ1v) is 19.7. The lowest BCUT2D eigenvalue weighted by Crippen LogP contribution is -2.28. The molecule has 1 saturated carbocycles. The topological polar surface area (TPSA) is 49.6 Å². The molecule has 0 atom stereocenters. The van der Waals surface area contributed by atoms with E-state index in [0.29, 0.717) is 5.82 Å². The Morgan fingerprint density at radius 2 is 0.946 bits per heavy atom. The summed E-state index contributed by atoms with van der Waals surface area (Å²) in [6.45, 7) is 0. The third-order valence-electron chi connectivity index (χ3n) is 11.9. The summed E-state index contributed by atoms with van der Waals surface area (Å²) in [7, 11) is 0. The second-order valence-corrected chi connectivity index (χ2v) is 15.2. The fourth-order valence-corrected chi connectivity index (χ4v) is 9.22. The van der Waals surface area contributed by atoms with Crippen molar-refractivity contribution >= 4 is 0 Å². The van der Waals surface area contributed by atoms with Crippen molar-refractivity contribution in [1.82, 2.24) is 9.97 Å². The van der Waals surface area contributed by atoms with Gasteiger partial charge in [-0.15, -0.1) is 0 Å². The maximum Gasteiger partial charge on any atom is 0.160 e. The molecule has 1 heterocycles. The lowest BCUT2D eigenvalue weighted by Gasteiger charge is -2.36. The monoisotopic (exact) mass is 717 g/mol. The quantitative estimate of drug-likeness (QED) is 0.172. The molecule has 56 heavy (non-hydrogen) atoms. The van der Waals surface area contributed by atoms with E-state index in [4.69, 9.17) is 9.97 Å². The molecule has 2 aliphatic carbocycles. The molecule has 0 bridgehead atoms. The summed E-state index contributed by atoms with van der Waals surface area (Å²) in [5.74, 6) is 0.711. The highest BCUT2D eigenvalue weighted by Crippen LogP contribution is 2.58. The van der Waals surface area contributed by atoms with Crippen LogP contribution in [0.1, 0.15) is 48.8 Å². The molecule has 7 aromatic carbocycles. The van der Waals surface area contributed by atoms with Gasteiger partial charge in [-0.25, -0.2) is 9.97 Å². The molecule has 2 aliphatic rings. The summed E-state index contributed by atoms with van der Waals surface area (Å²) in [6.07, 6.45) is 5.99. The predicted octanol–water partition coefficient (Wildman–Crippen LogP) is 13.6. The number of hydrogen-bond donors (Lipinski definition) is 0. The van der Waals surface area contributed by atoms with Crippen molar-refractivity contribution in [2.75, 3.05) is 0 Å².